The van der Waals surface area contributed by atoms with Gasteiger partial charge in [0.05, 0.1) is 0 Å². The minimum atomic E-state index is 0.555. The van der Waals surface area contributed by atoms with E-state index in [1.165, 1.54) is 18.4 Å². The molecule has 0 bridgehead atoms. The number of benzene rings is 1. The summed E-state index contributed by atoms with van der Waals surface area (Å²) in [5, 5.41) is 0. The summed E-state index contributed by atoms with van der Waals surface area (Å²) in [5.74, 6) is 0. The second-order valence-corrected chi connectivity index (χ2v) is 4.94. The lowest BCUT2D eigenvalue weighted by Gasteiger charge is -2.34. The van der Waals surface area contributed by atoms with E-state index in [1.807, 2.05) is 12.1 Å². The van der Waals surface area contributed by atoms with Crippen LogP contribution in [0.1, 0.15) is 46.1 Å². The minimum absolute atomic E-state index is 0.555. The predicted octanol–water partition coefficient (Wildman–Crippen LogP) is 3.67. The molecular weight excluding hydrogens is 208 g/mol. The molecule has 2 heteroatoms. The van der Waals surface area contributed by atoms with Crippen molar-refractivity contribution in [3.05, 3.63) is 29.8 Å². The topological polar surface area (TPSA) is 29.3 Å². The molecule has 0 saturated carbocycles. The minimum Gasteiger partial charge on any atom is -0.398 e. The summed E-state index contributed by atoms with van der Waals surface area (Å²) >= 11 is 0. The lowest BCUT2D eigenvalue weighted by atomic mass is 10.1. The first kappa shape index (κ1) is 14.0. The van der Waals surface area contributed by atoms with Crippen molar-refractivity contribution in [3.63, 3.8) is 0 Å². The second-order valence-electron chi connectivity index (χ2n) is 4.94. The van der Waals surface area contributed by atoms with Crippen LogP contribution in [0.15, 0.2) is 24.3 Å². The van der Waals surface area contributed by atoms with Gasteiger partial charge in [0.25, 0.3) is 0 Å². The van der Waals surface area contributed by atoms with Crippen LogP contribution in [0.3, 0.4) is 0 Å². The molecule has 96 valence electrons. The van der Waals surface area contributed by atoms with Crippen molar-refractivity contribution < 1.29 is 0 Å². The zero-order valence-electron chi connectivity index (χ0n) is 11.6. The van der Waals surface area contributed by atoms with Gasteiger partial charge in [0.1, 0.15) is 0 Å². The zero-order valence-corrected chi connectivity index (χ0v) is 11.6. The molecule has 0 fully saturated rings. The Balaban J connectivity index is 2.84. The van der Waals surface area contributed by atoms with E-state index in [-0.39, 0.29) is 0 Å². The molecule has 0 aliphatic carbocycles. The van der Waals surface area contributed by atoms with Gasteiger partial charge < -0.3 is 5.73 Å². The maximum Gasteiger partial charge on any atom is 0.0359 e. The Bertz CT molecular complexity index is 329. The number of nitrogen functional groups attached to an aromatic ring is 1. The highest BCUT2D eigenvalue weighted by molar-refractivity contribution is 5.46. The van der Waals surface area contributed by atoms with Crippen molar-refractivity contribution in [3.8, 4) is 0 Å². The summed E-state index contributed by atoms with van der Waals surface area (Å²) in [4.78, 5) is 2.55. The summed E-state index contributed by atoms with van der Waals surface area (Å²) < 4.78 is 0. The van der Waals surface area contributed by atoms with Crippen LogP contribution >= 0.6 is 0 Å². The summed E-state index contributed by atoms with van der Waals surface area (Å²) in [6.45, 7) is 10.0. The van der Waals surface area contributed by atoms with Crippen LogP contribution in [-0.4, -0.2) is 17.0 Å². The third-order valence-corrected chi connectivity index (χ3v) is 3.48. The Morgan fingerprint density at radius 1 is 1.12 bits per heavy atom. The number of anilines is 1. The fraction of sp³-hybridized carbons (Fsp3) is 0.600. The largest absolute Gasteiger partial charge is 0.398 e. The highest BCUT2D eigenvalue weighted by Crippen LogP contribution is 2.20. The molecule has 0 aliphatic rings. The van der Waals surface area contributed by atoms with Crippen LogP contribution in [0, 0.1) is 0 Å². The fourth-order valence-electron chi connectivity index (χ4n) is 2.37. The van der Waals surface area contributed by atoms with Crippen LogP contribution in [0.5, 0.6) is 0 Å². The molecule has 1 aromatic rings. The molecule has 17 heavy (non-hydrogen) atoms. The number of rotatable bonds is 6. The quantitative estimate of drug-likeness (QED) is 0.761. The summed E-state index contributed by atoms with van der Waals surface area (Å²) in [6, 6.07) is 9.38. The first-order valence-electron chi connectivity index (χ1n) is 6.69. The van der Waals surface area contributed by atoms with E-state index < -0.39 is 0 Å². The van der Waals surface area contributed by atoms with E-state index in [2.05, 4.69) is 44.7 Å². The number of nitrogens with zero attached hydrogens (tertiary/aromatic N) is 1. The molecule has 0 radical (unpaired) electrons. The SMILES string of the molecule is CCC(CC)N(Cc1ccccc1N)C(C)C. The third kappa shape index (κ3) is 3.74. The Hall–Kier alpha value is -1.02. The van der Waals surface area contributed by atoms with Crippen molar-refractivity contribution in [1.29, 1.82) is 0 Å². The van der Waals surface area contributed by atoms with Crippen LogP contribution in [-0.2, 0) is 6.54 Å². The average Bonchev–Trinajstić information content (AvgIpc) is 2.31. The van der Waals surface area contributed by atoms with Crippen LogP contribution < -0.4 is 5.73 Å². The fourth-order valence-corrected chi connectivity index (χ4v) is 2.37. The van der Waals surface area contributed by atoms with Gasteiger partial charge in [-0.25, -0.2) is 0 Å². The third-order valence-electron chi connectivity index (χ3n) is 3.48. The molecule has 1 rings (SSSR count). The normalized spacial score (nSPS) is 11.7. The average molecular weight is 234 g/mol. The maximum atomic E-state index is 6.03. The number of hydrogen-bond acceptors (Lipinski definition) is 2. The second kappa shape index (κ2) is 6.65. The van der Waals surface area contributed by atoms with Crippen molar-refractivity contribution in [2.24, 2.45) is 0 Å². The molecule has 0 heterocycles. The first-order chi connectivity index (χ1) is 8.10. The number of para-hydroxylation sites is 1. The molecule has 0 unspecified atom stereocenters. The predicted molar refractivity (Wildman–Crippen MR) is 75.9 cm³/mol. The molecule has 2 N–H and O–H groups in total. The van der Waals surface area contributed by atoms with Crippen molar-refractivity contribution in [2.45, 2.75) is 59.2 Å². The molecule has 0 aromatic heterocycles. The van der Waals surface area contributed by atoms with E-state index in [0.717, 1.165) is 12.2 Å². The van der Waals surface area contributed by atoms with E-state index in [1.54, 1.807) is 0 Å². The van der Waals surface area contributed by atoms with Crippen LogP contribution in [0.25, 0.3) is 0 Å². The highest BCUT2D eigenvalue weighted by Gasteiger charge is 2.18. The highest BCUT2D eigenvalue weighted by atomic mass is 15.2. The van der Waals surface area contributed by atoms with E-state index in [9.17, 15) is 0 Å². The standard InChI is InChI=1S/C15H26N2/c1-5-14(6-2)17(12(3)4)11-13-9-7-8-10-15(13)16/h7-10,12,14H,5-6,11,16H2,1-4H3. The van der Waals surface area contributed by atoms with Crippen LogP contribution in [0.4, 0.5) is 5.69 Å². The zero-order chi connectivity index (χ0) is 12.8. The van der Waals surface area contributed by atoms with Gasteiger partial charge in [-0.2, -0.15) is 0 Å². The monoisotopic (exact) mass is 234 g/mol. The smallest absolute Gasteiger partial charge is 0.0359 e. The van der Waals surface area contributed by atoms with Gasteiger partial charge in [0.2, 0.25) is 0 Å². The van der Waals surface area contributed by atoms with Gasteiger partial charge in [0.15, 0.2) is 0 Å². The van der Waals surface area contributed by atoms with E-state index in [4.69, 9.17) is 5.73 Å². The van der Waals surface area contributed by atoms with Crippen molar-refractivity contribution in [1.82, 2.24) is 4.90 Å². The molecule has 2 nitrogen and oxygen atoms in total. The first-order valence-corrected chi connectivity index (χ1v) is 6.69. The molecule has 0 aliphatic heterocycles. The van der Waals surface area contributed by atoms with Gasteiger partial charge >= 0.3 is 0 Å². The molecule has 0 spiro atoms. The summed E-state index contributed by atoms with van der Waals surface area (Å²) in [6.07, 6.45) is 2.39. The Morgan fingerprint density at radius 2 is 1.71 bits per heavy atom. The van der Waals surface area contributed by atoms with Crippen LogP contribution in [0.2, 0.25) is 0 Å². The Labute approximate surface area is 106 Å². The van der Waals surface area contributed by atoms with Crippen molar-refractivity contribution >= 4 is 5.69 Å². The van der Waals surface area contributed by atoms with Crippen molar-refractivity contribution in [2.75, 3.05) is 5.73 Å². The van der Waals surface area contributed by atoms with Gasteiger partial charge in [-0.05, 0) is 38.3 Å². The number of hydrogen-bond donors (Lipinski definition) is 1. The molecule has 0 saturated heterocycles. The van der Waals surface area contributed by atoms with Gasteiger partial charge in [-0.15, -0.1) is 0 Å². The van der Waals surface area contributed by atoms with Gasteiger partial charge in [-0.3, -0.25) is 4.90 Å². The van der Waals surface area contributed by atoms with Gasteiger partial charge in [-0.1, -0.05) is 32.0 Å². The molecule has 0 amide bonds. The van der Waals surface area contributed by atoms with Gasteiger partial charge in [0, 0.05) is 24.3 Å². The molecular formula is C15H26N2. The Kier molecular flexibility index (Phi) is 5.49. The van der Waals surface area contributed by atoms with E-state index in [0.29, 0.717) is 12.1 Å². The summed E-state index contributed by atoms with van der Waals surface area (Å²) in [5.41, 5.74) is 8.18. The molecule has 1 aromatic carbocycles. The summed E-state index contributed by atoms with van der Waals surface area (Å²) in [7, 11) is 0. The lowest BCUT2D eigenvalue weighted by Crippen LogP contribution is -2.39. The number of nitrogens with two attached hydrogens (primary N) is 1. The lowest BCUT2D eigenvalue weighted by molar-refractivity contribution is 0.136. The maximum absolute atomic E-state index is 6.03. The molecule has 0 atom stereocenters. The Morgan fingerprint density at radius 3 is 2.18 bits per heavy atom. The van der Waals surface area contributed by atoms with E-state index >= 15 is 0 Å².